The molecule has 1 fully saturated rings. The molecule has 1 atom stereocenters. The second-order valence-corrected chi connectivity index (χ2v) is 7.69. The lowest BCUT2D eigenvalue weighted by atomic mass is 10.2. The molecule has 1 aromatic heterocycles. The van der Waals surface area contributed by atoms with E-state index < -0.39 is 0 Å². The highest BCUT2D eigenvalue weighted by Gasteiger charge is 2.23. The zero-order valence-electron chi connectivity index (χ0n) is 14.3. The number of thiazole rings is 1. The summed E-state index contributed by atoms with van der Waals surface area (Å²) in [5, 5.41) is 6.92. The summed E-state index contributed by atoms with van der Waals surface area (Å²) in [5.74, 6) is 0.852. The molecule has 0 radical (unpaired) electrons. The Morgan fingerprint density at radius 1 is 1.40 bits per heavy atom. The molecule has 1 aliphatic heterocycles. The molecule has 5 nitrogen and oxygen atoms in total. The van der Waals surface area contributed by atoms with Crippen molar-refractivity contribution in [2.24, 2.45) is 4.99 Å². The van der Waals surface area contributed by atoms with E-state index >= 15 is 0 Å². The highest BCUT2D eigenvalue weighted by atomic mass is 127. The van der Waals surface area contributed by atoms with E-state index in [4.69, 9.17) is 0 Å². The van der Waals surface area contributed by atoms with Crippen LogP contribution in [0, 0.1) is 6.92 Å². The molecule has 0 aliphatic carbocycles. The van der Waals surface area contributed by atoms with Crippen LogP contribution in [0.2, 0.25) is 0 Å². The Morgan fingerprint density at radius 2 is 2.16 bits per heavy atom. The third-order valence-corrected chi connectivity index (χ3v) is 5.67. The largest absolute Gasteiger partial charge is 0.369 e. The van der Waals surface area contributed by atoms with Gasteiger partial charge in [0.15, 0.2) is 5.96 Å². The molecular formula is C17H23BrIN5S. The van der Waals surface area contributed by atoms with Crippen molar-refractivity contribution in [3.05, 3.63) is 44.8 Å². The maximum Gasteiger partial charge on any atom is 0.191 e. The summed E-state index contributed by atoms with van der Waals surface area (Å²) in [7, 11) is 1.82. The topological polar surface area (TPSA) is 52.6 Å². The minimum absolute atomic E-state index is 0. The van der Waals surface area contributed by atoms with Crippen molar-refractivity contribution in [2.75, 3.05) is 25.0 Å². The van der Waals surface area contributed by atoms with Crippen LogP contribution in [-0.2, 0) is 6.54 Å². The van der Waals surface area contributed by atoms with Gasteiger partial charge in [-0.2, -0.15) is 0 Å². The number of hydrogen-bond donors (Lipinski definition) is 2. The van der Waals surface area contributed by atoms with Crippen LogP contribution < -0.4 is 15.5 Å². The monoisotopic (exact) mass is 535 g/mol. The van der Waals surface area contributed by atoms with E-state index in [9.17, 15) is 0 Å². The first-order valence-corrected chi connectivity index (χ1v) is 9.69. The Bertz CT molecular complexity index is 703. The Labute approximate surface area is 178 Å². The van der Waals surface area contributed by atoms with E-state index in [0.717, 1.165) is 42.2 Å². The summed E-state index contributed by atoms with van der Waals surface area (Å²) in [6.45, 7) is 4.85. The van der Waals surface area contributed by atoms with Gasteiger partial charge >= 0.3 is 0 Å². The number of aromatic nitrogens is 1. The van der Waals surface area contributed by atoms with Crippen LogP contribution in [0.4, 0.5) is 5.69 Å². The van der Waals surface area contributed by atoms with Crippen LogP contribution in [0.1, 0.15) is 17.0 Å². The normalized spacial score (nSPS) is 17.3. The summed E-state index contributed by atoms with van der Waals surface area (Å²) < 4.78 is 1.11. The van der Waals surface area contributed by atoms with Crippen molar-refractivity contribution >= 4 is 62.9 Å². The van der Waals surface area contributed by atoms with Crippen LogP contribution in [0.3, 0.4) is 0 Å². The molecular weight excluding hydrogens is 513 g/mol. The number of halogens is 2. The van der Waals surface area contributed by atoms with Crippen molar-refractivity contribution in [1.82, 2.24) is 15.6 Å². The van der Waals surface area contributed by atoms with Crippen molar-refractivity contribution in [3.63, 3.8) is 0 Å². The third-order valence-electron chi connectivity index (χ3n) is 4.21. The van der Waals surface area contributed by atoms with Crippen LogP contribution in [0.5, 0.6) is 0 Å². The molecule has 0 amide bonds. The zero-order valence-corrected chi connectivity index (χ0v) is 19.1. The number of aliphatic imine (C=N–C) groups is 1. The minimum Gasteiger partial charge on any atom is -0.369 e. The summed E-state index contributed by atoms with van der Waals surface area (Å²) in [6.07, 6.45) is 1.11. The second-order valence-electron chi connectivity index (χ2n) is 5.84. The molecule has 25 heavy (non-hydrogen) atoms. The lowest BCUT2D eigenvalue weighted by Crippen LogP contribution is -2.44. The third kappa shape index (κ3) is 5.55. The average molecular weight is 536 g/mol. The molecule has 136 valence electrons. The molecule has 1 aliphatic rings. The number of rotatable bonds is 4. The highest BCUT2D eigenvalue weighted by molar-refractivity contribution is 14.0. The lowest BCUT2D eigenvalue weighted by molar-refractivity contribution is 0.649. The summed E-state index contributed by atoms with van der Waals surface area (Å²) in [5.41, 5.74) is 4.24. The van der Waals surface area contributed by atoms with Gasteiger partial charge in [0.2, 0.25) is 0 Å². The highest BCUT2D eigenvalue weighted by Crippen LogP contribution is 2.22. The van der Waals surface area contributed by atoms with E-state index in [1.54, 1.807) is 11.3 Å². The quantitative estimate of drug-likeness (QED) is 0.355. The molecule has 8 heteroatoms. The van der Waals surface area contributed by atoms with E-state index in [1.807, 2.05) is 19.5 Å². The smallest absolute Gasteiger partial charge is 0.191 e. The second kappa shape index (κ2) is 9.72. The molecule has 0 saturated carbocycles. The van der Waals surface area contributed by atoms with Gasteiger partial charge in [-0.3, -0.25) is 4.99 Å². The molecule has 0 bridgehead atoms. The first-order valence-electron chi connectivity index (χ1n) is 8.02. The molecule has 1 saturated heterocycles. The number of anilines is 1. The number of guanidine groups is 1. The Balaban J connectivity index is 0.00000225. The predicted octanol–water partition coefficient (Wildman–Crippen LogP) is 3.78. The summed E-state index contributed by atoms with van der Waals surface area (Å²) in [4.78, 5) is 12.3. The molecule has 3 rings (SSSR count). The maximum atomic E-state index is 4.34. The number of aryl methyl sites for hydroxylation is 1. The fourth-order valence-corrected chi connectivity index (χ4v) is 3.79. The van der Waals surface area contributed by atoms with Crippen LogP contribution in [0.15, 0.2) is 39.2 Å². The van der Waals surface area contributed by atoms with Gasteiger partial charge in [0, 0.05) is 41.2 Å². The molecule has 1 unspecified atom stereocenters. The van der Waals surface area contributed by atoms with Crippen molar-refractivity contribution < 1.29 is 0 Å². The van der Waals surface area contributed by atoms with Gasteiger partial charge in [0.25, 0.3) is 0 Å². The SMILES string of the molecule is CN=C(NCc1scnc1C)NC1CCN(c2ccc(Br)cc2)C1.I. The molecule has 2 aromatic rings. The number of benzene rings is 1. The van der Waals surface area contributed by atoms with Gasteiger partial charge < -0.3 is 15.5 Å². The molecule has 1 aromatic carbocycles. The molecule has 2 N–H and O–H groups in total. The fraction of sp³-hybridized carbons (Fsp3) is 0.412. The average Bonchev–Trinajstić information content (AvgIpc) is 3.21. The molecule has 0 spiro atoms. The Kier molecular flexibility index (Phi) is 7.95. The number of nitrogens with one attached hydrogen (secondary N) is 2. The van der Waals surface area contributed by atoms with Crippen molar-refractivity contribution in [1.29, 1.82) is 0 Å². The van der Waals surface area contributed by atoms with Gasteiger partial charge in [-0.1, -0.05) is 15.9 Å². The lowest BCUT2D eigenvalue weighted by Gasteiger charge is -2.20. The Hall–Kier alpha value is -0.870. The number of nitrogens with zero attached hydrogens (tertiary/aromatic N) is 3. The van der Waals surface area contributed by atoms with Crippen LogP contribution in [-0.4, -0.2) is 37.1 Å². The Morgan fingerprint density at radius 3 is 2.80 bits per heavy atom. The maximum absolute atomic E-state index is 4.34. The first kappa shape index (κ1) is 20.4. The zero-order chi connectivity index (χ0) is 16.9. The summed E-state index contributed by atoms with van der Waals surface area (Å²) in [6, 6.07) is 8.91. The van der Waals surface area contributed by atoms with Gasteiger partial charge in [-0.05, 0) is 37.6 Å². The molecule has 2 heterocycles. The van der Waals surface area contributed by atoms with E-state index in [2.05, 4.69) is 65.7 Å². The van der Waals surface area contributed by atoms with Gasteiger partial charge in [0.05, 0.1) is 17.7 Å². The standard InChI is InChI=1S/C17H22BrN5S.HI/c1-12-16(24-11-21-12)9-20-17(19-2)22-14-7-8-23(10-14)15-5-3-13(18)4-6-15;/h3-6,11,14H,7-10H2,1-2H3,(H2,19,20,22);1H. The minimum atomic E-state index is 0. The van der Waals surface area contributed by atoms with E-state index in [-0.39, 0.29) is 24.0 Å². The van der Waals surface area contributed by atoms with Crippen LogP contribution in [0.25, 0.3) is 0 Å². The van der Waals surface area contributed by atoms with Crippen LogP contribution >= 0.6 is 51.2 Å². The first-order chi connectivity index (χ1) is 11.7. The summed E-state index contributed by atoms with van der Waals surface area (Å²) >= 11 is 5.16. The fourth-order valence-electron chi connectivity index (χ4n) is 2.81. The predicted molar refractivity (Wildman–Crippen MR) is 120 cm³/mol. The van der Waals surface area contributed by atoms with Gasteiger partial charge in [-0.25, -0.2) is 4.98 Å². The van der Waals surface area contributed by atoms with Gasteiger partial charge in [-0.15, -0.1) is 35.3 Å². The van der Waals surface area contributed by atoms with Crippen molar-refractivity contribution in [3.8, 4) is 0 Å². The van der Waals surface area contributed by atoms with Gasteiger partial charge in [0.1, 0.15) is 0 Å². The number of hydrogen-bond acceptors (Lipinski definition) is 4. The van der Waals surface area contributed by atoms with E-state index in [1.165, 1.54) is 10.6 Å². The van der Waals surface area contributed by atoms with Crippen molar-refractivity contribution in [2.45, 2.75) is 25.9 Å². The van der Waals surface area contributed by atoms with E-state index in [0.29, 0.717) is 6.04 Å².